The molecule has 5 rings (SSSR count). The zero-order valence-electron chi connectivity index (χ0n) is 16.9. The van der Waals surface area contributed by atoms with E-state index in [9.17, 15) is 13.2 Å². The summed E-state index contributed by atoms with van der Waals surface area (Å²) in [6.45, 7) is -0.366. The maximum Gasteiger partial charge on any atom is 0.320 e. The molecule has 32 heavy (non-hydrogen) atoms. The molecule has 1 aliphatic heterocycles. The van der Waals surface area contributed by atoms with Gasteiger partial charge >= 0.3 is 6.55 Å². The Morgan fingerprint density at radius 3 is 2.62 bits per heavy atom. The largest absolute Gasteiger partial charge is 0.378 e. The van der Waals surface area contributed by atoms with Crippen LogP contribution in [-0.2, 0) is 10.5 Å². The van der Waals surface area contributed by atoms with Crippen molar-refractivity contribution in [3.05, 3.63) is 60.2 Å². The van der Waals surface area contributed by atoms with Crippen LogP contribution < -0.4 is 4.90 Å². The SMILES string of the molecule is Fc1cccc(-n2c(SCc3nc4ccccc4n3C(F)F)nnc2N2CCOCC2)c1. The second-order valence-corrected chi connectivity index (χ2v) is 8.09. The number of hydrogen-bond donors (Lipinski definition) is 0. The summed E-state index contributed by atoms with van der Waals surface area (Å²) in [6.07, 6.45) is 0. The molecule has 1 saturated heterocycles. The van der Waals surface area contributed by atoms with Gasteiger partial charge in [0.25, 0.3) is 0 Å². The lowest BCUT2D eigenvalue weighted by atomic mass is 10.3. The van der Waals surface area contributed by atoms with E-state index in [2.05, 4.69) is 15.2 Å². The molecule has 0 saturated carbocycles. The van der Waals surface area contributed by atoms with Crippen molar-refractivity contribution in [2.24, 2.45) is 0 Å². The van der Waals surface area contributed by atoms with Crippen LogP contribution >= 0.6 is 11.8 Å². The topological polar surface area (TPSA) is 61.0 Å². The molecule has 0 radical (unpaired) electrons. The molecular weight excluding hydrogens is 441 g/mol. The Labute approximate surface area is 185 Å². The van der Waals surface area contributed by atoms with E-state index in [4.69, 9.17) is 4.74 Å². The Balaban J connectivity index is 1.51. The van der Waals surface area contributed by atoms with Gasteiger partial charge in [0.05, 0.1) is 35.7 Å². The smallest absolute Gasteiger partial charge is 0.320 e. The third kappa shape index (κ3) is 3.93. The average Bonchev–Trinajstić information content (AvgIpc) is 3.39. The summed E-state index contributed by atoms with van der Waals surface area (Å²) in [4.78, 5) is 6.39. The van der Waals surface area contributed by atoms with Gasteiger partial charge in [-0.15, -0.1) is 10.2 Å². The van der Waals surface area contributed by atoms with Gasteiger partial charge in [0.2, 0.25) is 5.95 Å². The Morgan fingerprint density at radius 1 is 1.03 bits per heavy atom. The first-order valence-corrected chi connectivity index (χ1v) is 11.0. The number of aromatic nitrogens is 5. The molecule has 0 atom stereocenters. The number of ether oxygens (including phenoxy) is 1. The van der Waals surface area contributed by atoms with E-state index >= 15 is 0 Å². The number of nitrogens with zero attached hydrogens (tertiary/aromatic N) is 6. The number of para-hydroxylation sites is 2. The molecule has 166 valence electrons. The summed E-state index contributed by atoms with van der Waals surface area (Å²) in [5, 5.41) is 9.07. The van der Waals surface area contributed by atoms with Crippen molar-refractivity contribution >= 4 is 28.7 Å². The number of morpholine rings is 1. The maximum absolute atomic E-state index is 14.0. The highest BCUT2D eigenvalue weighted by Gasteiger charge is 2.24. The molecule has 0 bridgehead atoms. The fourth-order valence-corrected chi connectivity index (χ4v) is 4.58. The number of thioether (sulfide) groups is 1. The molecule has 2 aromatic heterocycles. The fourth-order valence-electron chi connectivity index (χ4n) is 3.71. The van der Waals surface area contributed by atoms with Crippen molar-refractivity contribution < 1.29 is 17.9 Å². The molecule has 7 nitrogen and oxygen atoms in total. The van der Waals surface area contributed by atoms with Crippen LogP contribution in [0.1, 0.15) is 12.4 Å². The lowest BCUT2D eigenvalue weighted by Crippen LogP contribution is -2.37. The van der Waals surface area contributed by atoms with Crippen LogP contribution in [0.15, 0.2) is 53.7 Å². The highest BCUT2D eigenvalue weighted by molar-refractivity contribution is 7.98. The van der Waals surface area contributed by atoms with Crippen LogP contribution in [0.2, 0.25) is 0 Å². The van der Waals surface area contributed by atoms with Gasteiger partial charge in [-0.3, -0.25) is 9.13 Å². The number of fused-ring (bicyclic) bond motifs is 1. The highest BCUT2D eigenvalue weighted by atomic mass is 32.2. The fraction of sp³-hybridized carbons (Fsp3) is 0.286. The first kappa shape index (κ1) is 20.8. The summed E-state index contributed by atoms with van der Waals surface area (Å²) in [5.74, 6) is 0.548. The Hall–Kier alpha value is -3.05. The number of anilines is 1. The van der Waals surface area contributed by atoms with Crippen molar-refractivity contribution in [2.45, 2.75) is 17.5 Å². The summed E-state index contributed by atoms with van der Waals surface area (Å²) in [7, 11) is 0. The number of hydrogen-bond acceptors (Lipinski definition) is 6. The molecule has 3 heterocycles. The van der Waals surface area contributed by atoms with Gasteiger partial charge in [-0.05, 0) is 30.3 Å². The van der Waals surface area contributed by atoms with E-state index < -0.39 is 6.55 Å². The molecule has 0 spiro atoms. The van der Waals surface area contributed by atoms with Gasteiger partial charge in [0.1, 0.15) is 11.6 Å². The number of alkyl halides is 2. The maximum atomic E-state index is 14.0. The highest BCUT2D eigenvalue weighted by Crippen LogP contribution is 2.31. The van der Waals surface area contributed by atoms with E-state index in [0.717, 1.165) is 4.57 Å². The van der Waals surface area contributed by atoms with Crippen molar-refractivity contribution in [2.75, 3.05) is 31.2 Å². The van der Waals surface area contributed by atoms with Crippen molar-refractivity contribution in [1.82, 2.24) is 24.3 Å². The normalized spacial score (nSPS) is 14.6. The van der Waals surface area contributed by atoms with Gasteiger partial charge < -0.3 is 9.64 Å². The predicted molar refractivity (Wildman–Crippen MR) is 115 cm³/mol. The van der Waals surface area contributed by atoms with E-state index in [1.54, 1.807) is 41.0 Å². The van der Waals surface area contributed by atoms with Crippen LogP contribution in [0.5, 0.6) is 0 Å². The van der Waals surface area contributed by atoms with E-state index in [1.165, 1.54) is 23.9 Å². The summed E-state index contributed by atoms with van der Waals surface area (Å²) in [6, 6.07) is 12.9. The first-order chi connectivity index (χ1) is 15.6. The molecule has 11 heteroatoms. The third-order valence-electron chi connectivity index (χ3n) is 5.17. The van der Waals surface area contributed by atoms with Gasteiger partial charge in [-0.25, -0.2) is 9.37 Å². The Bertz CT molecular complexity index is 1240. The number of halogens is 3. The summed E-state index contributed by atoms with van der Waals surface area (Å²) >= 11 is 1.22. The second-order valence-electron chi connectivity index (χ2n) is 7.15. The van der Waals surface area contributed by atoms with Gasteiger partial charge in [0, 0.05) is 13.1 Å². The van der Waals surface area contributed by atoms with Gasteiger partial charge in [-0.2, -0.15) is 8.78 Å². The lowest BCUT2D eigenvalue weighted by Gasteiger charge is -2.27. The zero-order chi connectivity index (χ0) is 22.1. The van der Waals surface area contributed by atoms with E-state index in [1.807, 2.05) is 4.90 Å². The monoisotopic (exact) mass is 460 g/mol. The quantitative estimate of drug-likeness (QED) is 0.401. The van der Waals surface area contributed by atoms with Crippen LogP contribution in [0.4, 0.5) is 19.1 Å². The van der Waals surface area contributed by atoms with E-state index in [0.29, 0.717) is 54.1 Å². The van der Waals surface area contributed by atoms with Crippen molar-refractivity contribution in [3.63, 3.8) is 0 Å². The van der Waals surface area contributed by atoms with Crippen molar-refractivity contribution in [1.29, 1.82) is 0 Å². The molecule has 0 N–H and O–H groups in total. The minimum Gasteiger partial charge on any atom is -0.378 e. The van der Waals surface area contributed by atoms with Crippen LogP contribution in [-0.4, -0.2) is 50.6 Å². The molecular formula is C21H19F3N6OS. The molecule has 2 aromatic carbocycles. The number of rotatable bonds is 6. The van der Waals surface area contributed by atoms with Crippen LogP contribution in [0.25, 0.3) is 16.7 Å². The zero-order valence-corrected chi connectivity index (χ0v) is 17.7. The van der Waals surface area contributed by atoms with Crippen LogP contribution in [0, 0.1) is 5.82 Å². The number of benzene rings is 2. The minimum absolute atomic E-state index is 0.148. The summed E-state index contributed by atoms with van der Waals surface area (Å²) in [5.41, 5.74) is 1.43. The predicted octanol–water partition coefficient (Wildman–Crippen LogP) is 4.28. The molecule has 1 aliphatic rings. The average molecular weight is 460 g/mol. The molecule has 4 aromatic rings. The lowest BCUT2D eigenvalue weighted by molar-refractivity contribution is 0.0722. The first-order valence-electron chi connectivity index (χ1n) is 10.0. The van der Waals surface area contributed by atoms with Gasteiger partial charge in [0.15, 0.2) is 5.16 Å². The standard InChI is InChI=1S/C21H19F3N6OS/c22-14-4-3-5-15(12-14)29-20(28-8-10-31-11-9-28)26-27-21(29)32-13-18-25-16-6-1-2-7-17(16)30(18)19(23)24/h1-7,12,19H,8-11,13H2. The third-order valence-corrected chi connectivity index (χ3v) is 6.10. The van der Waals surface area contributed by atoms with Gasteiger partial charge in [-0.1, -0.05) is 30.0 Å². The molecule has 0 unspecified atom stereocenters. The molecule has 0 aliphatic carbocycles. The Morgan fingerprint density at radius 2 is 1.84 bits per heavy atom. The molecule has 0 amide bonds. The van der Waals surface area contributed by atoms with Crippen molar-refractivity contribution in [3.8, 4) is 5.69 Å². The Kier molecular flexibility index (Phi) is 5.75. The summed E-state index contributed by atoms with van der Waals surface area (Å²) < 4.78 is 49.6. The number of imidazole rings is 1. The second kappa shape index (κ2) is 8.83. The van der Waals surface area contributed by atoms with Crippen LogP contribution in [0.3, 0.4) is 0 Å². The minimum atomic E-state index is -2.72. The van der Waals surface area contributed by atoms with E-state index in [-0.39, 0.29) is 17.4 Å². The molecule has 1 fully saturated rings.